The molecule has 1 aliphatic rings. The summed E-state index contributed by atoms with van der Waals surface area (Å²) in [5.74, 6) is -0.0760. The van der Waals surface area contributed by atoms with Crippen molar-refractivity contribution in [3.05, 3.63) is 76.8 Å². The molecule has 0 bridgehead atoms. The summed E-state index contributed by atoms with van der Waals surface area (Å²) in [6, 6.07) is 17.3. The largest absolute Gasteiger partial charge is 0.354 e. The highest BCUT2D eigenvalue weighted by Gasteiger charge is 2.32. The summed E-state index contributed by atoms with van der Waals surface area (Å²) in [6.45, 7) is 3.18. The van der Waals surface area contributed by atoms with Crippen molar-refractivity contribution < 1.29 is 9.59 Å². The van der Waals surface area contributed by atoms with Crippen molar-refractivity contribution in [1.82, 2.24) is 15.2 Å². The van der Waals surface area contributed by atoms with Gasteiger partial charge in [0.15, 0.2) is 0 Å². The lowest BCUT2D eigenvalue weighted by atomic mass is 10.0. The number of likely N-dealkylation sites (tertiary alicyclic amines) is 1. The standard InChI is InChI=1S/C25H27N3O2S/c1-18-10-12-20(13-11-18)25-27-21(17-31-25)14-15-26-24(30)23(19-7-3-2-4-8-19)28-16-6-5-9-22(28)29/h2-4,7-8,10-13,17,23H,5-6,9,14-16H2,1H3,(H,26,30). The predicted octanol–water partition coefficient (Wildman–Crippen LogP) is 4.53. The molecule has 2 heterocycles. The first-order valence-corrected chi connectivity index (χ1v) is 11.6. The number of carbonyl (C=O) groups is 2. The zero-order chi connectivity index (χ0) is 21.6. The van der Waals surface area contributed by atoms with Crippen LogP contribution < -0.4 is 5.32 Å². The lowest BCUT2D eigenvalue weighted by Crippen LogP contribution is -2.46. The fourth-order valence-corrected chi connectivity index (χ4v) is 4.73. The molecule has 1 fully saturated rings. The molecule has 3 aromatic rings. The van der Waals surface area contributed by atoms with Gasteiger partial charge < -0.3 is 10.2 Å². The molecule has 2 aromatic carbocycles. The SMILES string of the molecule is Cc1ccc(-c2nc(CCNC(=O)C(c3ccccc3)N3CCCCC3=O)cs2)cc1. The van der Waals surface area contributed by atoms with Crippen LogP contribution in [0.3, 0.4) is 0 Å². The van der Waals surface area contributed by atoms with Gasteiger partial charge in [0.1, 0.15) is 11.0 Å². The van der Waals surface area contributed by atoms with Gasteiger partial charge in [-0.25, -0.2) is 4.98 Å². The molecule has 1 atom stereocenters. The number of hydrogen-bond acceptors (Lipinski definition) is 4. The molecular weight excluding hydrogens is 406 g/mol. The highest BCUT2D eigenvalue weighted by molar-refractivity contribution is 7.13. The molecule has 2 amide bonds. The van der Waals surface area contributed by atoms with Gasteiger partial charge in [-0.15, -0.1) is 11.3 Å². The van der Waals surface area contributed by atoms with Crippen molar-refractivity contribution in [2.75, 3.05) is 13.1 Å². The Morgan fingerprint density at radius 3 is 2.65 bits per heavy atom. The number of rotatable bonds is 7. The van der Waals surface area contributed by atoms with Gasteiger partial charge in [-0.2, -0.15) is 0 Å². The average Bonchev–Trinajstić information content (AvgIpc) is 3.25. The Balaban J connectivity index is 1.40. The first kappa shape index (κ1) is 21.2. The van der Waals surface area contributed by atoms with E-state index < -0.39 is 6.04 Å². The Morgan fingerprint density at radius 2 is 1.90 bits per heavy atom. The van der Waals surface area contributed by atoms with E-state index in [0.29, 0.717) is 25.9 Å². The van der Waals surface area contributed by atoms with E-state index in [0.717, 1.165) is 34.7 Å². The van der Waals surface area contributed by atoms with Gasteiger partial charge in [0.25, 0.3) is 0 Å². The maximum atomic E-state index is 13.1. The maximum absolute atomic E-state index is 13.1. The molecule has 4 rings (SSSR count). The summed E-state index contributed by atoms with van der Waals surface area (Å²) >= 11 is 1.62. The number of piperidine rings is 1. The van der Waals surface area contributed by atoms with Gasteiger partial charge >= 0.3 is 0 Å². The van der Waals surface area contributed by atoms with Crippen LogP contribution in [-0.2, 0) is 16.0 Å². The molecule has 1 aromatic heterocycles. The van der Waals surface area contributed by atoms with Gasteiger partial charge in [-0.05, 0) is 25.3 Å². The van der Waals surface area contributed by atoms with E-state index in [9.17, 15) is 9.59 Å². The van der Waals surface area contributed by atoms with Gasteiger partial charge in [-0.3, -0.25) is 9.59 Å². The van der Waals surface area contributed by atoms with E-state index in [1.165, 1.54) is 5.56 Å². The minimum atomic E-state index is -0.576. The van der Waals surface area contributed by atoms with Gasteiger partial charge in [0.05, 0.1) is 5.69 Å². The van der Waals surface area contributed by atoms with Crippen LogP contribution in [0.5, 0.6) is 0 Å². The topological polar surface area (TPSA) is 62.3 Å². The Morgan fingerprint density at radius 1 is 1.13 bits per heavy atom. The van der Waals surface area contributed by atoms with Crippen LogP contribution in [0.25, 0.3) is 10.6 Å². The summed E-state index contributed by atoms with van der Waals surface area (Å²) < 4.78 is 0. The molecular formula is C25H27N3O2S. The minimum Gasteiger partial charge on any atom is -0.354 e. The number of aromatic nitrogens is 1. The fraction of sp³-hybridized carbons (Fsp3) is 0.320. The zero-order valence-corrected chi connectivity index (χ0v) is 18.5. The van der Waals surface area contributed by atoms with Crippen LogP contribution in [0.4, 0.5) is 0 Å². The molecule has 0 spiro atoms. The second-order valence-corrected chi connectivity index (χ2v) is 8.77. The molecule has 5 nitrogen and oxygen atoms in total. The molecule has 31 heavy (non-hydrogen) atoms. The van der Waals surface area contributed by atoms with E-state index in [-0.39, 0.29) is 11.8 Å². The second-order valence-electron chi connectivity index (χ2n) is 7.91. The highest BCUT2D eigenvalue weighted by atomic mass is 32.1. The first-order valence-electron chi connectivity index (χ1n) is 10.8. The molecule has 1 aliphatic heterocycles. The van der Waals surface area contributed by atoms with Crippen molar-refractivity contribution in [3.8, 4) is 10.6 Å². The predicted molar refractivity (Wildman–Crippen MR) is 124 cm³/mol. The summed E-state index contributed by atoms with van der Waals surface area (Å²) in [7, 11) is 0. The number of carbonyl (C=O) groups excluding carboxylic acids is 2. The third-order valence-corrected chi connectivity index (χ3v) is 6.51. The molecule has 0 saturated carbocycles. The molecule has 1 N–H and O–H groups in total. The Kier molecular flexibility index (Phi) is 6.77. The number of amides is 2. The quantitative estimate of drug-likeness (QED) is 0.595. The molecule has 0 radical (unpaired) electrons. The Bertz CT molecular complexity index is 1030. The lowest BCUT2D eigenvalue weighted by Gasteiger charge is -2.34. The van der Waals surface area contributed by atoms with Crippen LogP contribution >= 0.6 is 11.3 Å². The first-order chi connectivity index (χ1) is 15.1. The van der Waals surface area contributed by atoms with E-state index in [1.807, 2.05) is 35.7 Å². The smallest absolute Gasteiger partial charge is 0.247 e. The van der Waals surface area contributed by atoms with Crippen LogP contribution in [0.15, 0.2) is 60.0 Å². The molecule has 1 unspecified atom stereocenters. The Labute approximate surface area is 187 Å². The summed E-state index contributed by atoms with van der Waals surface area (Å²) in [5.41, 5.74) is 4.15. The average molecular weight is 434 g/mol. The van der Waals surface area contributed by atoms with Gasteiger partial charge in [0, 0.05) is 36.9 Å². The number of aryl methyl sites for hydroxylation is 1. The lowest BCUT2D eigenvalue weighted by molar-refractivity contribution is -0.142. The van der Waals surface area contributed by atoms with E-state index in [2.05, 4.69) is 36.5 Å². The van der Waals surface area contributed by atoms with Gasteiger partial charge in [-0.1, -0.05) is 60.2 Å². The number of benzene rings is 2. The van der Waals surface area contributed by atoms with Crippen molar-refractivity contribution in [2.24, 2.45) is 0 Å². The number of thiazole rings is 1. The van der Waals surface area contributed by atoms with Crippen molar-refractivity contribution >= 4 is 23.2 Å². The molecule has 0 aliphatic carbocycles. The normalized spacial score (nSPS) is 15.0. The third kappa shape index (κ3) is 5.20. The minimum absolute atomic E-state index is 0.0532. The molecule has 1 saturated heterocycles. The van der Waals surface area contributed by atoms with Gasteiger partial charge in [0.2, 0.25) is 11.8 Å². The number of nitrogens with zero attached hydrogens (tertiary/aromatic N) is 2. The van der Waals surface area contributed by atoms with Crippen molar-refractivity contribution in [3.63, 3.8) is 0 Å². The van der Waals surface area contributed by atoms with E-state index >= 15 is 0 Å². The summed E-state index contributed by atoms with van der Waals surface area (Å²) in [6.07, 6.45) is 3.00. The molecule has 6 heteroatoms. The monoisotopic (exact) mass is 433 g/mol. The fourth-order valence-electron chi connectivity index (χ4n) is 3.87. The molecule has 160 valence electrons. The van der Waals surface area contributed by atoms with Crippen LogP contribution in [0, 0.1) is 6.92 Å². The highest BCUT2D eigenvalue weighted by Crippen LogP contribution is 2.26. The summed E-state index contributed by atoms with van der Waals surface area (Å²) in [5, 5.41) is 6.07. The zero-order valence-electron chi connectivity index (χ0n) is 17.7. The third-order valence-electron chi connectivity index (χ3n) is 5.57. The Hall–Kier alpha value is -2.99. The van der Waals surface area contributed by atoms with E-state index in [1.54, 1.807) is 16.2 Å². The van der Waals surface area contributed by atoms with Crippen LogP contribution in [0.1, 0.15) is 42.1 Å². The van der Waals surface area contributed by atoms with Crippen LogP contribution in [0.2, 0.25) is 0 Å². The van der Waals surface area contributed by atoms with Crippen molar-refractivity contribution in [1.29, 1.82) is 0 Å². The number of nitrogens with one attached hydrogen (secondary N) is 1. The van der Waals surface area contributed by atoms with E-state index in [4.69, 9.17) is 4.98 Å². The number of hydrogen-bond donors (Lipinski definition) is 1. The second kappa shape index (κ2) is 9.88. The van der Waals surface area contributed by atoms with Crippen molar-refractivity contribution in [2.45, 2.75) is 38.6 Å². The maximum Gasteiger partial charge on any atom is 0.247 e. The van der Waals surface area contributed by atoms with Crippen LogP contribution in [-0.4, -0.2) is 34.8 Å². The summed E-state index contributed by atoms with van der Waals surface area (Å²) in [4.78, 5) is 32.1.